The van der Waals surface area contributed by atoms with E-state index in [1.165, 1.54) is 5.56 Å². The number of ether oxygens (including phenoxy) is 2. The van der Waals surface area contributed by atoms with Crippen LogP contribution in [0.1, 0.15) is 34.0 Å². The van der Waals surface area contributed by atoms with E-state index in [0.29, 0.717) is 29.1 Å². The minimum Gasteiger partial charge on any atom is -0.462 e. The van der Waals surface area contributed by atoms with Crippen LogP contribution in [0, 0.1) is 0 Å². The highest BCUT2D eigenvalue weighted by Crippen LogP contribution is 2.38. The van der Waals surface area contributed by atoms with Gasteiger partial charge in [-0.25, -0.2) is 4.79 Å². The molecule has 0 atom stereocenters. The van der Waals surface area contributed by atoms with Crippen molar-refractivity contribution >= 4 is 34.5 Å². The second kappa shape index (κ2) is 11.7. The van der Waals surface area contributed by atoms with Gasteiger partial charge in [0.25, 0.3) is 5.91 Å². The van der Waals surface area contributed by atoms with Gasteiger partial charge in [0.15, 0.2) is 0 Å². The van der Waals surface area contributed by atoms with Crippen molar-refractivity contribution < 1.29 is 19.1 Å². The van der Waals surface area contributed by atoms with Crippen molar-refractivity contribution in [2.75, 3.05) is 44.5 Å². The van der Waals surface area contributed by atoms with Crippen LogP contribution < -0.4 is 10.6 Å². The molecule has 1 heterocycles. The number of esters is 1. The summed E-state index contributed by atoms with van der Waals surface area (Å²) in [6.45, 7) is 4.41. The number of rotatable bonds is 10. The van der Waals surface area contributed by atoms with Crippen molar-refractivity contribution in [2.45, 2.75) is 13.5 Å². The summed E-state index contributed by atoms with van der Waals surface area (Å²) in [4.78, 5) is 27.5. The maximum absolute atomic E-state index is 13.2. The van der Waals surface area contributed by atoms with E-state index in [4.69, 9.17) is 9.47 Å². The number of methoxy groups -OCH3 is 1. The molecule has 3 aromatic rings. The second-order valence-electron chi connectivity index (χ2n) is 8.60. The molecule has 3 aromatic carbocycles. The van der Waals surface area contributed by atoms with E-state index in [1.54, 1.807) is 32.2 Å². The van der Waals surface area contributed by atoms with Crippen molar-refractivity contribution in [1.82, 2.24) is 4.90 Å². The van der Waals surface area contributed by atoms with Gasteiger partial charge < -0.3 is 20.1 Å². The Labute approximate surface area is 211 Å². The maximum Gasteiger partial charge on any atom is 0.338 e. The topological polar surface area (TPSA) is 79.9 Å². The van der Waals surface area contributed by atoms with Crippen LogP contribution in [0.3, 0.4) is 0 Å². The molecule has 0 bridgehead atoms. The first kappa shape index (κ1) is 25.2. The molecule has 1 aliphatic rings. The Kier molecular flexibility index (Phi) is 8.15. The summed E-state index contributed by atoms with van der Waals surface area (Å²) in [6, 6.07) is 23.1. The van der Waals surface area contributed by atoms with E-state index in [2.05, 4.69) is 34.7 Å². The number of likely N-dealkylation sites (N-methyl/N-ethyl adjacent to an activating group) is 1. The Bertz CT molecular complexity index is 1250. The summed E-state index contributed by atoms with van der Waals surface area (Å²) >= 11 is 0. The standard InChI is InChI=1S/C29H31N3O4/c1-4-36-29(34)22-12-15-24-25(18-22)31-28(33)26(24)27(21-8-6-5-7-9-21)30-23-13-10-20(11-14-23)19-32(2)16-17-35-3/h5-15,18,30H,4,16-17,19H2,1-3H3,(H,31,33)/b27-26+. The number of amides is 1. The Morgan fingerprint density at radius 1 is 1.00 bits per heavy atom. The Balaban J connectivity index is 1.66. The maximum atomic E-state index is 13.2. The quantitative estimate of drug-likeness (QED) is 0.315. The molecule has 0 radical (unpaired) electrons. The van der Waals surface area contributed by atoms with Crippen LogP contribution in [0.5, 0.6) is 0 Å². The average Bonchev–Trinajstić information content (AvgIpc) is 3.22. The van der Waals surface area contributed by atoms with E-state index in [-0.39, 0.29) is 12.5 Å². The van der Waals surface area contributed by atoms with E-state index >= 15 is 0 Å². The average molecular weight is 486 g/mol. The van der Waals surface area contributed by atoms with Crippen LogP contribution >= 0.6 is 0 Å². The molecule has 0 saturated heterocycles. The summed E-state index contributed by atoms with van der Waals surface area (Å²) in [5.74, 6) is -0.643. The molecule has 7 heteroatoms. The highest BCUT2D eigenvalue weighted by molar-refractivity contribution is 6.37. The van der Waals surface area contributed by atoms with Gasteiger partial charge in [-0.05, 0) is 49.4 Å². The molecule has 1 aliphatic heterocycles. The zero-order chi connectivity index (χ0) is 25.5. The third-order valence-electron chi connectivity index (χ3n) is 5.94. The van der Waals surface area contributed by atoms with Gasteiger partial charge in [0, 0.05) is 31.5 Å². The van der Waals surface area contributed by atoms with E-state index < -0.39 is 5.97 Å². The Hall–Kier alpha value is -3.94. The van der Waals surface area contributed by atoms with Crippen molar-refractivity contribution in [3.05, 3.63) is 95.1 Å². The van der Waals surface area contributed by atoms with E-state index in [9.17, 15) is 9.59 Å². The Morgan fingerprint density at radius 2 is 1.75 bits per heavy atom. The predicted octanol–water partition coefficient (Wildman–Crippen LogP) is 4.87. The van der Waals surface area contributed by atoms with Gasteiger partial charge in [0.05, 0.1) is 35.7 Å². The first-order chi connectivity index (χ1) is 17.5. The van der Waals surface area contributed by atoms with Gasteiger partial charge in [0.2, 0.25) is 0 Å². The third-order valence-corrected chi connectivity index (χ3v) is 5.94. The monoisotopic (exact) mass is 485 g/mol. The number of fused-ring (bicyclic) bond motifs is 1. The molecule has 1 amide bonds. The fraction of sp³-hybridized carbons (Fsp3) is 0.241. The molecule has 0 aliphatic carbocycles. The van der Waals surface area contributed by atoms with Gasteiger partial charge >= 0.3 is 5.97 Å². The zero-order valence-electron chi connectivity index (χ0n) is 20.8. The van der Waals surface area contributed by atoms with Crippen LogP contribution in [0.25, 0.3) is 11.3 Å². The van der Waals surface area contributed by atoms with Crippen LogP contribution in [0.2, 0.25) is 0 Å². The molecule has 2 N–H and O–H groups in total. The lowest BCUT2D eigenvalue weighted by Gasteiger charge is -2.17. The molecule has 186 valence electrons. The molecule has 0 fully saturated rings. The molecule has 0 aromatic heterocycles. The van der Waals surface area contributed by atoms with Gasteiger partial charge in [0.1, 0.15) is 0 Å². The van der Waals surface area contributed by atoms with Gasteiger partial charge in [-0.15, -0.1) is 0 Å². The van der Waals surface area contributed by atoms with Crippen molar-refractivity contribution in [3.63, 3.8) is 0 Å². The van der Waals surface area contributed by atoms with Crippen molar-refractivity contribution in [1.29, 1.82) is 0 Å². The number of nitrogens with zero attached hydrogens (tertiary/aromatic N) is 1. The van der Waals surface area contributed by atoms with Crippen LogP contribution in [-0.2, 0) is 20.8 Å². The number of hydrogen-bond donors (Lipinski definition) is 2. The lowest BCUT2D eigenvalue weighted by molar-refractivity contribution is -0.110. The first-order valence-corrected chi connectivity index (χ1v) is 12.0. The minimum absolute atomic E-state index is 0.228. The summed E-state index contributed by atoms with van der Waals surface area (Å²) in [5.41, 5.74) is 5.88. The fourth-order valence-electron chi connectivity index (χ4n) is 4.12. The highest BCUT2D eigenvalue weighted by atomic mass is 16.5. The first-order valence-electron chi connectivity index (χ1n) is 12.0. The summed E-state index contributed by atoms with van der Waals surface area (Å²) < 4.78 is 10.3. The summed E-state index contributed by atoms with van der Waals surface area (Å²) in [5, 5.41) is 6.38. The highest BCUT2D eigenvalue weighted by Gasteiger charge is 2.29. The molecule has 36 heavy (non-hydrogen) atoms. The molecular formula is C29H31N3O4. The zero-order valence-corrected chi connectivity index (χ0v) is 20.8. The number of hydrogen-bond acceptors (Lipinski definition) is 6. The summed E-state index contributed by atoms with van der Waals surface area (Å²) in [6.07, 6.45) is 0. The smallest absolute Gasteiger partial charge is 0.338 e. The normalized spacial score (nSPS) is 13.8. The van der Waals surface area contributed by atoms with E-state index in [0.717, 1.165) is 29.9 Å². The van der Waals surface area contributed by atoms with Crippen molar-refractivity contribution in [3.8, 4) is 0 Å². The van der Waals surface area contributed by atoms with Crippen LogP contribution in [-0.4, -0.2) is 50.7 Å². The minimum atomic E-state index is -0.415. The molecular weight excluding hydrogens is 454 g/mol. The van der Waals surface area contributed by atoms with E-state index in [1.807, 2.05) is 42.5 Å². The molecule has 4 rings (SSSR count). The van der Waals surface area contributed by atoms with Gasteiger partial charge in [-0.1, -0.05) is 48.5 Å². The number of nitrogens with one attached hydrogen (secondary N) is 2. The predicted molar refractivity (Wildman–Crippen MR) is 143 cm³/mol. The van der Waals surface area contributed by atoms with Gasteiger partial charge in [-0.3, -0.25) is 9.69 Å². The molecule has 7 nitrogen and oxygen atoms in total. The number of carbonyl (C=O) groups is 2. The van der Waals surface area contributed by atoms with Crippen molar-refractivity contribution in [2.24, 2.45) is 0 Å². The second-order valence-corrected chi connectivity index (χ2v) is 8.60. The number of benzene rings is 3. The van der Waals surface area contributed by atoms with Gasteiger partial charge in [-0.2, -0.15) is 0 Å². The number of carbonyl (C=O) groups excluding carboxylic acids is 2. The van der Waals surface area contributed by atoms with Crippen LogP contribution in [0.15, 0.2) is 72.8 Å². The van der Waals surface area contributed by atoms with Crippen LogP contribution in [0.4, 0.5) is 11.4 Å². The largest absolute Gasteiger partial charge is 0.462 e. The lowest BCUT2D eigenvalue weighted by Crippen LogP contribution is -2.22. The fourth-order valence-corrected chi connectivity index (χ4v) is 4.12. The summed E-state index contributed by atoms with van der Waals surface area (Å²) in [7, 11) is 3.77. The molecule has 0 unspecified atom stereocenters. The number of anilines is 2. The molecule has 0 spiro atoms. The third kappa shape index (κ3) is 5.82. The molecule has 0 saturated carbocycles. The lowest BCUT2D eigenvalue weighted by atomic mass is 9.99. The Morgan fingerprint density at radius 3 is 2.44 bits per heavy atom. The SMILES string of the molecule is CCOC(=O)c1ccc2c(c1)NC(=O)/C2=C(/Nc1ccc(CN(C)CCOC)cc1)c1ccccc1.